The van der Waals surface area contributed by atoms with E-state index in [0.29, 0.717) is 76.5 Å². The van der Waals surface area contributed by atoms with Gasteiger partial charge in [-0.1, -0.05) is 121 Å². The number of aromatic hydroxyl groups is 8. The van der Waals surface area contributed by atoms with Crippen molar-refractivity contribution in [1.82, 2.24) is 0 Å². The number of fused-ring (bicyclic) bond motifs is 4. The van der Waals surface area contributed by atoms with Gasteiger partial charge in [-0.2, -0.15) is 0 Å². The molecule has 8 N–H and O–H groups in total. The molecule has 0 heterocycles. The lowest BCUT2D eigenvalue weighted by atomic mass is 9.67. The molecule has 0 bridgehead atoms. The van der Waals surface area contributed by atoms with Gasteiger partial charge in [-0.05, 0) is 49.2 Å². The van der Waals surface area contributed by atoms with Crippen molar-refractivity contribution in [2.24, 2.45) is 0 Å². The summed E-state index contributed by atoms with van der Waals surface area (Å²) in [4.78, 5) is 0. The lowest BCUT2D eigenvalue weighted by Crippen LogP contribution is -2.28. The van der Waals surface area contributed by atoms with Crippen molar-refractivity contribution >= 4 is 43.1 Å². The summed E-state index contributed by atoms with van der Waals surface area (Å²) in [5, 5.41) is 94.2. The van der Waals surface area contributed by atoms with E-state index >= 15 is 0 Å². The van der Waals surface area contributed by atoms with Crippen LogP contribution in [-0.4, -0.2) is 40.9 Å². The first-order valence-corrected chi connectivity index (χ1v) is 18.7. The Morgan fingerprint density at radius 2 is 0.483 bits per heavy atom. The van der Waals surface area contributed by atoms with E-state index in [0.717, 1.165) is 0 Å². The van der Waals surface area contributed by atoms with Crippen molar-refractivity contribution in [1.29, 1.82) is 0 Å². The van der Waals surface area contributed by atoms with E-state index in [1.165, 1.54) is 0 Å². The molecule has 286 valence electrons. The average Bonchev–Trinajstić information content (AvgIpc) is 3.22. The molecule has 58 heavy (non-hydrogen) atoms. The molecule has 8 nitrogen and oxygen atoms in total. The molecule has 9 rings (SSSR count). The second-order valence-corrected chi connectivity index (χ2v) is 15.2. The van der Waals surface area contributed by atoms with E-state index in [4.69, 9.17) is 0 Å². The maximum absolute atomic E-state index is 12.0. The van der Waals surface area contributed by atoms with Crippen molar-refractivity contribution < 1.29 is 40.9 Å². The minimum absolute atomic E-state index is 0.00744. The minimum Gasteiger partial charge on any atom is -0.507 e. The number of benzene rings is 9. The molecule has 0 saturated carbocycles. The van der Waals surface area contributed by atoms with Crippen LogP contribution >= 0.6 is 0 Å². The highest BCUT2D eigenvalue weighted by molar-refractivity contribution is 5.98. The fourth-order valence-corrected chi connectivity index (χ4v) is 8.96. The minimum atomic E-state index is -1.24. The van der Waals surface area contributed by atoms with Gasteiger partial charge in [-0.25, -0.2) is 0 Å². The van der Waals surface area contributed by atoms with Gasteiger partial charge in [0, 0.05) is 76.2 Å². The van der Waals surface area contributed by atoms with Crippen LogP contribution in [0.25, 0.3) is 43.1 Å². The number of hydrogen-bond donors (Lipinski definition) is 8. The highest BCUT2D eigenvalue weighted by atomic mass is 16.3. The molecule has 0 spiro atoms. The summed E-state index contributed by atoms with van der Waals surface area (Å²) >= 11 is 0. The van der Waals surface area contributed by atoms with Crippen molar-refractivity contribution in [2.75, 3.05) is 0 Å². The van der Waals surface area contributed by atoms with Crippen LogP contribution < -0.4 is 0 Å². The third kappa shape index (κ3) is 5.08. The van der Waals surface area contributed by atoms with Crippen molar-refractivity contribution in [3.63, 3.8) is 0 Å². The van der Waals surface area contributed by atoms with Crippen LogP contribution in [0.3, 0.4) is 0 Å². The zero-order chi connectivity index (χ0) is 40.7. The summed E-state index contributed by atoms with van der Waals surface area (Å²) in [7, 11) is 0. The van der Waals surface area contributed by atoms with Crippen LogP contribution in [-0.2, 0) is 10.8 Å². The molecule has 0 aliphatic heterocycles. The summed E-state index contributed by atoms with van der Waals surface area (Å²) in [6.07, 6.45) is 0. The molecular formula is C50H38O8. The van der Waals surface area contributed by atoms with Crippen LogP contribution in [0.1, 0.15) is 47.2 Å². The zero-order valence-electron chi connectivity index (χ0n) is 31.4. The van der Waals surface area contributed by atoms with Crippen LogP contribution in [0.4, 0.5) is 0 Å². The van der Waals surface area contributed by atoms with E-state index in [1.807, 2.05) is 38.1 Å². The predicted molar refractivity (Wildman–Crippen MR) is 227 cm³/mol. The second-order valence-electron chi connectivity index (χ2n) is 15.2. The Morgan fingerprint density at radius 1 is 0.259 bits per heavy atom. The average molecular weight is 767 g/mol. The summed E-state index contributed by atoms with van der Waals surface area (Å²) in [6, 6.07) is 41.0. The first-order valence-electron chi connectivity index (χ1n) is 18.7. The number of phenols is 8. The summed E-state index contributed by atoms with van der Waals surface area (Å²) in [5.74, 6) is -0.326. The topological polar surface area (TPSA) is 162 Å². The monoisotopic (exact) mass is 766 g/mol. The van der Waals surface area contributed by atoms with Gasteiger partial charge >= 0.3 is 0 Å². The molecule has 0 saturated heterocycles. The van der Waals surface area contributed by atoms with Crippen LogP contribution in [0, 0.1) is 0 Å². The Hall–Kier alpha value is -7.58. The molecule has 8 heteroatoms. The molecule has 0 fully saturated rings. The Bertz CT molecular complexity index is 2740. The molecule has 0 aliphatic rings. The van der Waals surface area contributed by atoms with Crippen molar-refractivity contribution in [3.8, 4) is 46.0 Å². The zero-order valence-corrected chi connectivity index (χ0v) is 31.4. The Balaban J connectivity index is 1.31. The van der Waals surface area contributed by atoms with Crippen molar-refractivity contribution in [3.05, 3.63) is 179 Å². The van der Waals surface area contributed by atoms with Gasteiger partial charge in [-0.15, -0.1) is 0 Å². The molecule has 9 aromatic carbocycles. The van der Waals surface area contributed by atoms with Gasteiger partial charge in [-0.3, -0.25) is 0 Å². The number of phenolic OH excluding ortho intramolecular Hbond substituents is 8. The van der Waals surface area contributed by atoms with Gasteiger partial charge in [0.25, 0.3) is 0 Å². The maximum Gasteiger partial charge on any atom is 0.127 e. The Kier molecular flexibility index (Phi) is 8.09. The standard InChI is InChI=1S/C50H38O8/c1-49(37-23-19-29-33(45(37)55)7-3-11-41(29)51,38-24-20-30-34(46(38)56)8-4-12-42(30)52)27-15-17-28(18-16-27)50(2,39-25-21-31-35(47(39)57)9-5-13-43(31)53)40-26-22-32-36(48(40)58)10-6-14-44(32)54/h3-26,51-58H,1-2H3. The van der Waals surface area contributed by atoms with Crippen LogP contribution in [0.2, 0.25) is 0 Å². The lowest BCUT2D eigenvalue weighted by molar-refractivity contribution is 0.445. The maximum atomic E-state index is 12.0. The van der Waals surface area contributed by atoms with E-state index in [1.54, 1.807) is 121 Å². The Labute approximate surface area is 332 Å². The Morgan fingerprint density at radius 3 is 0.707 bits per heavy atom. The fourth-order valence-electron chi connectivity index (χ4n) is 8.96. The quantitative estimate of drug-likeness (QED) is 0.0776. The number of rotatable bonds is 6. The molecule has 0 radical (unpaired) electrons. The van der Waals surface area contributed by atoms with E-state index in [9.17, 15) is 40.9 Å². The van der Waals surface area contributed by atoms with Gasteiger partial charge in [0.2, 0.25) is 0 Å². The predicted octanol–water partition coefficient (Wildman–Crippen LogP) is 10.7. The van der Waals surface area contributed by atoms with E-state index < -0.39 is 10.8 Å². The van der Waals surface area contributed by atoms with Gasteiger partial charge in [0.1, 0.15) is 46.0 Å². The number of hydrogen-bond acceptors (Lipinski definition) is 8. The molecule has 0 aliphatic carbocycles. The summed E-state index contributed by atoms with van der Waals surface area (Å²) in [6.45, 7) is 3.77. The third-order valence-electron chi connectivity index (χ3n) is 12.2. The highest BCUT2D eigenvalue weighted by Crippen LogP contribution is 2.53. The normalized spacial score (nSPS) is 12.2. The molecule has 0 amide bonds. The van der Waals surface area contributed by atoms with Gasteiger partial charge < -0.3 is 40.9 Å². The summed E-state index contributed by atoms with van der Waals surface area (Å²) < 4.78 is 0. The SMILES string of the molecule is CC(c1ccc(C(C)(c2ccc3c(O)cccc3c2O)c2ccc3c(O)cccc3c2O)cc1)(c1ccc2c(O)cccc2c1O)c1ccc2c(O)cccc2c1O. The summed E-state index contributed by atoms with van der Waals surface area (Å²) in [5.41, 5.74) is 0.586. The first kappa shape index (κ1) is 36.1. The van der Waals surface area contributed by atoms with E-state index in [-0.39, 0.29) is 46.0 Å². The molecule has 0 aromatic heterocycles. The fraction of sp³-hybridized carbons (Fsp3) is 0.0800. The smallest absolute Gasteiger partial charge is 0.127 e. The lowest BCUT2D eigenvalue weighted by Gasteiger charge is -2.36. The highest BCUT2D eigenvalue weighted by Gasteiger charge is 2.40. The molecule has 0 atom stereocenters. The third-order valence-corrected chi connectivity index (χ3v) is 12.2. The molecule has 9 aromatic rings. The molecular weight excluding hydrogens is 729 g/mol. The second kappa shape index (κ2) is 13.0. The largest absolute Gasteiger partial charge is 0.507 e. The van der Waals surface area contributed by atoms with Gasteiger partial charge in [0.05, 0.1) is 0 Å². The van der Waals surface area contributed by atoms with Crippen molar-refractivity contribution in [2.45, 2.75) is 24.7 Å². The van der Waals surface area contributed by atoms with Crippen LogP contribution in [0.5, 0.6) is 46.0 Å². The van der Waals surface area contributed by atoms with E-state index in [2.05, 4.69) is 0 Å². The van der Waals surface area contributed by atoms with Gasteiger partial charge in [0.15, 0.2) is 0 Å². The first-order chi connectivity index (χ1) is 27.8. The van der Waals surface area contributed by atoms with Crippen LogP contribution in [0.15, 0.2) is 146 Å². The molecule has 0 unspecified atom stereocenters.